The third-order valence-electron chi connectivity index (χ3n) is 6.77. The van der Waals surface area contributed by atoms with Gasteiger partial charge in [-0.15, -0.1) is 0 Å². The van der Waals surface area contributed by atoms with Gasteiger partial charge >= 0.3 is 6.18 Å². The predicted molar refractivity (Wildman–Crippen MR) is 117 cm³/mol. The van der Waals surface area contributed by atoms with Crippen molar-refractivity contribution in [1.82, 2.24) is 10.2 Å². The summed E-state index contributed by atoms with van der Waals surface area (Å²) in [6.07, 6.45) is -4.26. The second kappa shape index (κ2) is 8.83. The minimum atomic E-state index is -5.19. The van der Waals surface area contributed by atoms with Crippen LogP contribution in [0.4, 0.5) is 13.2 Å². The number of hydrogen-bond acceptors (Lipinski definition) is 4. The highest BCUT2D eigenvalue weighted by Crippen LogP contribution is 2.51. The van der Waals surface area contributed by atoms with E-state index >= 15 is 0 Å². The third kappa shape index (κ3) is 4.37. The van der Waals surface area contributed by atoms with Crippen molar-refractivity contribution >= 4 is 17.6 Å². The van der Waals surface area contributed by atoms with Crippen LogP contribution < -0.4 is 5.32 Å². The van der Waals surface area contributed by atoms with Gasteiger partial charge in [0.05, 0.1) is 18.2 Å². The van der Waals surface area contributed by atoms with Crippen LogP contribution in [0, 0.1) is 5.41 Å². The molecular formula is C25H29F3N2O4. The Hall–Kier alpha value is -2.68. The van der Waals surface area contributed by atoms with Gasteiger partial charge in [-0.3, -0.25) is 14.4 Å². The number of amides is 2. The van der Waals surface area contributed by atoms with Gasteiger partial charge in [0.25, 0.3) is 5.91 Å². The van der Waals surface area contributed by atoms with Crippen LogP contribution >= 0.6 is 0 Å². The van der Waals surface area contributed by atoms with Crippen molar-refractivity contribution in [2.24, 2.45) is 5.41 Å². The summed E-state index contributed by atoms with van der Waals surface area (Å²) in [5.41, 5.74) is -3.77. The molecule has 1 aliphatic carbocycles. The molecule has 0 bridgehead atoms. The van der Waals surface area contributed by atoms with Crippen molar-refractivity contribution in [3.63, 3.8) is 0 Å². The standard InChI is InChI=1S/C25H29F3N2O4/c1-23(2)13-18-21(19(31)14-23)24(25(26,27)28,22(33)30(18)15-17-9-6-12-34-17)29-20(32)11-10-16-7-4-3-5-8-16/h3-5,7-8,17H,6,9-15H2,1-2H3,(H,29,32)/t17-,24-/m1/s1. The molecule has 9 heteroatoms. The Kier molecular flexibility index (Phi) is 6.35. The number of carbonyl (C=O) groups is 3. The fraction of sp³-hybridized carbons (Fsp3) is 0.560. The van der Waals surface area contributed by atoms with Crippen molar-refractivity contribution in [1.29, 1.82) is 0 Å². The van der Waals surface area contributed by atoms with E-state index in [1.165, 1.54) is 0 Å². The van der Waals surface area contributed by atoms with Crippen molar-refractivity contribution in [2.75, 3.05) is 13.2 Å². The lowest BCUT2D eigenvalue weighted by atomic mass is 9.72. The highest BCUT2D eigenvalue weighted by molar-refractivity contribution is 6.13. The number of benzene rings is 1. The van der Waals surface area contributed by atoms with Crippen LogP contribution in [-0.2, 0) is 25.5 Å². The van der Waals surface area contributed by atoms with Crippen molar-refractivity contribution in [3.05, 3.63) is 47.2 Å². The van der Waals surface area contributed by atoms with Crippen LogP contribution in [0.2, 0.25) is 0 Å². The van der Waals surface area contributed by atoms with E-state index in [-0.39, 0.29) is 37.9 Å². The quantitative estimate of drug-likeness (QED) is 0.677. The van der Waals surface area contributed by atoms with Crippen LogP contribution in [0.15, 0.2) is 41.6 Å². The highest BCUT2D eigenvalue weighted by atomic mass is 19.4. The van der Waals surface area contributed by atoms with Gasteiger partial charge in [0.1, 0.15) is 0 Å². The number of nitrogens with one attached hydrogen (secondary N) is 1. The normalized spacial score (nSPS) is 26.7. The molecule has 0 aromatic heterocycles. The van der Waals surface area contributed by atoms with E-state index in [4.69, 9.17) is 4.74 Å². The van der Waals surface area contributed by atoms with Gasteiger partial charge in [0.2, 0.25) is 11.4 Å². The molecule has 3 aliphatic rings. The number of aryl methyl sites for hydroxylation is 1. The van der Waals surface area contributed by atoms with E-state index in [2.05, 4.69) is 0 Å². The van der Waals surface area contributed by atoms with Gasteiger partial charge in [-0.05, 0) is 36.7 Å². The lowest BCUT2D eigenvalue weighted by molar-refractivity contribution is -0.195. The molecule has 2 amide bonds. The zero-order valence-electron chi connectivity index (χ0n) is 19.3. The second-order valence-electron chi connectivity index (χ2n) is 10.1. The van der Waals surface area contributed by atoms with E-state index < -0.39 is 46.4 Å². The molecule has 1 N–H and O–H groups in total. The fourth-order valence-corrected chi connectivity index (χ4v) is 5.19. The van der Waals surface area contributed by atoms with E-state index in [1.807, 2.05) is 5.32 Å². The first-order valence-electron chi connectivity index (χ1n) is 11.6. The molecule has 184 valence electrons. The summed E-state index contributed by atoms with van der Waals surface area (Å²) in [6, 6.07) is 8.88. The molecular weight excluding hydrogens is 449 g/mol. The van der Waals surface area contributed by atoms with Crippen LogP contribution in [0.3, 0.4) is 0 Å². The average molecular weight is 479 g/mol. The smallest absolute Gasteiger partial charge is 0.376 e. The van der Waals surface area contributed by atoms with E-state index in [0.717, 1.165) is 16.9 Å². The summed E-state index contributed by atoms with van der Waals surface area (Å²) in [5.74, 6) is -3.01. The Balaban J connectivity index is 1.70. The maximum absolute atomic E-state index is 14.7. The molecule has 34 heavy (non-hydrogen) atoms. The zero-order valence-corrected chi connectivity index (χ0v) is 19.3. The van der Waals surface area contributed by atoms with Crippen molar-refractivity contribution in [3.8, 4) is 0 Å². The number of alkyl halides is 3. The molecule has 1 saturated heterocycles. The Labute approximate surface area is 196 Å². The number of ether oxygens (including phenoxy) is 1. The molecule has 6 nitrogen and oxygen atoms in total. The maximum Gasteiger partial charge on any atom is 0.425 e. The number of carbonyl (C=O) groups excluding carboxylic acids is 3. The summed E-state index contributed by atoms with van der Waals surface area (Å²) in [6.45, 7) is 3.98. The van der Waals surface area contributed by atoms with Gasteiger partial charge in [-0.1, -0.05) is 44.2 Å². The molecule has 1 aromatic rings. The third-order valence-corrected chi connectivity index (χ3v) is 6.77. The molecule has 2 aliphatic heterocycles. The lowest BCUT2D eigenvalue weighted by Crippen LogP contribution is -2.66. The summed E-state index contributed by atoms with van der Waals surface area (Å²) in [7, 11) is 0. The Morgan fingerprint density at radius 1 is 1.18 bits per heavy atom. The first-order chi connectivity index (χ1) is 15.9. The van der Waals surface area contributed by atoms with Crippen LogP contribution in [0.25, 0.3) is 0 Å². The molecule has 0 radical (unpaired) electrons. The van der Waals surface area contributed by atoms with Crippen LogP contribution in [0.5, 0.6) is 0 Å². The number of halogens is 3. The van der Waals surface area contributed by atoms with E-state index in [9.17, 15) is 27.6 Å². The Morgan fingerprint density at radius 3 is 2.50 bits per heavy atom. The van der Waals surface area contributed by atoms with Crippen molar-refractivity contribution in [2.45, 2.75) is 70.2 Å². The number of allylic oxidation sites excluding steroid dienone is 1. The fourth-order valence-electron chi connectivity index (χ4n) is 5.19. The molecule has 4 rings (SSSR count). The minimum absolute atomic E-state index is 0.0578. The topological polar surface area (TPSA) is 75.7 Å². The van der Waals surface area contributed by atoms with Gasteiger partial charge in [0.15, 0.2) is 5.78 Å². The van der Waals surface area contributed by atoms with Gasteiger partial charge < -0.3 is 15.0 Å². The van der Waals surface area contributed by atoms with Crippen molar-refractivity contribution < 1.29 is 32.3 Å². The van der Waals surface area contributed by atoms with Gasteiger partial charge in [-0.2, -0.15) is 13.2 Å². The highest BCUT2D eigenvalue weighted by Gasteiger charge is 2.71. The monoisotopic (exact) mass is 478 g/mol. The van der Waals surface area contributed by atoms with Crippen LogP contribution in [-0.4, -0.2) is 53.5 Å². The van der Waals surface area contributed by atoms with E-state index in [0.29, 0.717) is 13.0 Å². The Morgan fingerprint density at radius 2 is 1.88 bits per heavy atom. The predicted octanol–water partition coefficient (Wildman–Crippen LogP) is 3.70. The first kappa shape index (κ1) is 24.4. The second-order valence-corrected chi connectivity index (χ2v) is 10.1. The number of hydrogen-bond donors (Lipinski definition) is 1. The number of Topliss-reactive ketones (excluding diaryl/α,β-unsaturated/α-hetero) is 1. The summed E-state index contributed by atoms with van der Waals surface area (Å²) in [5, 5.41) is 1.99. The molecule has 1 aromatic carbocycles. The largest absolute Gasteiger partial charge is 0.425 e. The molecule has 0 unspecified atom stereocenters. The summed E-state index contributed by atoms with van der Waals surface area (Å²) in [4.78, 5) is 40.5. The Bertz CT molecular complexity index is 1010. The lowest BCUT2D eigenvalue weighted by Gasteiger charge is -2.35. The minimum Gasteiger partial charge on any atom is -0.376 e. The summed E-state index contributed by atoms with van der Waals surface area (Å²) >= 11 is 0. The summed E-state index contributed by atoms with van der Waals surface area (Å²) < 4.78 is 49.8. The number of ketones is 1. The SMILES string of the molecule is CC1(C)CC(=O)C2=C(C1)N(C[C@H]1CCCO1)C(=O)[C@@]2(NC(=O)CCc1ccccc1)C(F)(F)F. The van der Waals surface area contributed by atoms with Crippen LogP contribution in [0.1, 0.15) is 51.5 Å². The van der Waals surface area contributed by atoms with Gasteiger partial charge in [0, 0.05) is 25.1 Å². The van der Waals surface area contributed by atoms with Gasteiger partial charge in [-0.25, -0.2) is 0 Å². The molecule has 0 spiro atoms. The molecule has 0 saturated carbocycles. The number of rotatable bonds is 6. The number of nitrogens with zero attached hydrogens (tertiary/aromatic N) is 1. The zero-order chi connectivity index (χ0) is 24.7. The maximum atomic E-state index is 14.7. The average Bonchev–Trinajstić information content (AvgIpc) is 3.33. The van der Waals surface area contributed by atoms with E-state index in [1.54, 1.807) is 44.2 Å². The molecule has 2 heterocycles. The molecule has 2 atom stereocenters. The molecule has 1 fully saturated rings. The first-order valence-corrected chi connectivity index (χ1v) is 11.6.